The molecule has 0 fully saturated rings. The predicted molar refractivity (Wildman–Crippen MR) is 92.4 cm³/mol. The van der Waals surface area contributed by atoms with Crippen LogP contribution in [0.1, 0.15) is 29.9 Å². The van der Waals surface area contributed by atoms with E-state index in [-0.39, 0.29) is 11.6 Å². The number of aromatic nitrogens is 4. The molecule has 0 saturated heterocycles. The summed E-state index contributed by atoms with van der Waals surface area (Å²) in [5.74, 6) is -0.484. The molecule has 0 radical (unpaired) electrons. The largest absolute Gasteiger partial charge is 0.478 e. The third kappa shape index (κ3) is 3.02. The van der Waals surface area contributed by atoms with E-state index in [1.165, 1.54) is 18.3 Å². The molecule has 0 aliphatic heterocycles. The third-order valence-corrected chi connectivity index (χ3v) is 4.11. The molecule has 130 valence electrons. The van der Waals surface area contributed by atoms with Gasteiger partial charge in [0.25, 0.3) is 0 Å². The van der Waals surface area contributed by atoms with Crippen LogP contribution < -0.4 is 4.90 Å². The zero-order valence-corrected chi connectivity index (χ0v) is 14.1. The molecule has 0 atom stereocenters. The molecule has 0 spiro atoms. The molecule has 3 rings (SSSR count). The Labute approximate surface area is 143 Å². The minimum Gasteiger partial charge on any atom is -0.478 e. The van der Waals surface area contributed by atoms with Gasteiger partial charge in [-0.05, 0) is 32.0 Å². The predicted octanol–water partition coefficient (Wildman–Crippen LogP) is 3.03. The van der Waals surface area contributed by atoms with Crippen molar-refractivity contribution in [3.05, 3.63) is 35.7 Å². The number of hydrogen-bond acceptors (Lipinski definition) is 5. The number of rotatable bonds is 5. The molecule has 0 aliphatic carbocycles. The normalized spacial score (nSPS) is 11.2. The van der Waals surface area contributed by atoms with Crippen LogP contribution in [0.4, 0.5) is 10.2 Å². The maximum Gasteiger partial charge on any atom is 0.335 e. The molecule has 0 bridgehead atoms. The van der Waals surface area contributed by atoms with Gasteiger partial charge >= 0.3 is 5.97 Å². The van der Waals surface area contributed by atoms with Crippen LogP contribution in [0.2, 0.25) is 0 Å². The molecule has 0 aliphatic rings. The van der Waals surface area contributed by atoms with E-state index in [0.29, 0.717) is 33.8 Å². The first-order chi connectivity index (χ1) is 11.9. The third-order valence-electron chi connectivity index (χ3n) is 4.11. The van der Waals surface area contributed by atoms with Crippen LogP contribution in [0.3, 0.4) is 0 Å². The smallest absolute Gasteiger partial charge is 0.335 e. The molecule has 2 aromatic heterocycles. The summed E-state index contributed by atoms with van der Waals surface area (Å²) < 4.78 is 13.3. The van der Waals surface area contributed by atoms with Gasteiger partial charge in [-0.2, -0.15) is 5.10 Å². The quantitative estimate of drug-likeness (QED) is 0.739. The lowest BCUT2D eigenvalue weighted by atomic mass is 10.1. The first-order valence-corrected chi connectivity index (χ1v) is 7.79. The summed E-state index contributed by atoms with van der Waals surface area (Å²) in [6.45, 7) is 3.29. The van der Waals surface area contributed by atoms with Gasteiger partial charge in [0, 0.05) is 18.7 Å². The lowest BCUT2D eigenvalue weighted by Crippen LogP contribution is -2.27. The zero-order chi connectivity index (χ0) is 18.1. The number of alkyl halides is 1. The highest BCUT2D eigenvalue weighted by molar-refractivity contribution is 5.93. The van der Waals surface area contributed by atoms with Gasteiger partial charge in [-0.25, -0.2) is 19.2 Å². The van der Waals surface area contributed by atoms with Gasteiger partial charge in [0.15, 0.2) is 5.82 Å². The Bertz CT molecular complexity index is 938. The van der Waals surface area contributed by atoms with Gasteiger partial charge in [0.05, 0.1) is 28.5 Å². The molecular formula is C17H18FN5O2. The second-order valence-corrected chi connectivity index (χ2v) is 6.00. The Morgan fingerprint density at radius 2 is 2.08 bits per heavy atom. The molecule has 25 heavy (non-hydrogen) atoms. The Kier molecular flexibility index (Phi) is 4.35. The molecule has 2 N–H and O–H groups in total. The first kappa shape index (κ1) is 16.8. The van der Waals surface area contributed by atoms with Crippen molar-refractivity contribution in [2.24, 2.45) is 0 Å². The van der Waals surface area contributed by atoms with Crippen LogP contribution in [-0.4, -0.2) is 44.3 Å². The first-order valence-electron chi connectivity index (χ1n) is 7.79. The van der Waals surface area contributed by atoms with E-state index >= 15 is 0 Å². The van der Waals surface area contributed by atoms with Gasteiger partial charge in [0.2, 0.25) is 0 Å². The lowest BCUT2D eigenvalue weighted by molar-refractivity contribution is 0.0697. The van der Waals surface area contributed by atoms with E-state index in [2.05, 4.69) is 20.2 Å². The molecule has 0 saturated carbocycles. The summed E-state index contributed by atoms with van der Waals surface area (Å²) in [5, 5.41) is 15.7. The summed E-state index contributed by atoms with van der Waals surface area (Å²) in [5.41, 5.74) is 2.52. The number of nitrogens with zero attached hydrogens (tertiary/aromatic N) is 4. The highest BCUT2D eigenvalue weighted by Crippen LogP contribution is 2.32. The number of H-pyrrole nitrogens is 1. The summed E-state index contributed by atoms with van der Waals surface area (Å²) in [6, 6.07) is 4.68. The number of aromatic amines is 1. The Hall–Kier alpha value is -3.03. The van der Waals surface area contributed by atoms with Gasteiger partial charge in [-0.3, -0.25) is 5.10 Å². The number of hydrogen-bond donors (Lipinski definition) is 2. The van der Waals surface area contributed by atoms with Gasteiger partial charge in [-0.1, -0.05) is 0 Å². The van der Waals surface area contributed by atoms with Crippen molar-refractivity contribution in [2.75, 3.05) is 11.9 Å². The maximum atomic E-state index is 13.3. The highest BCUT2D eigenvalue weighted by atomic mass is 19.1. The van der Waals surface area contributed by atoms with Crippen molar-refractivity contribution < 1.29 is 14.3 Å². The fourth-order valence-electron chi connectivity index (χ4n) is 2.47. The number of benzene rings is 1. The Morgan fingerprint density at radius 3 is 2.72 bits per heavy atom. The summed E-state index contributed by atoms with van der Waals surface area (Å²) >= 11 is 0. The number of carbonyl (C=O) groups is 1. The number of nitrogens with one attached hydrogen (secondary N) is 1. The number of carboxylic acids is 1. The maximum absolute atomic E-state index is 13.3. The second-order valence-electron chi connectivity index (χ2n) is 6.00. The number of fused-ring (bicyclic) bond motifs is 1. The van der Waals surface area contributed by atoms with Crippen molar-refractivity contribution in [1.82, 2.24) is 20.2 Å². The van der Waals surface area contributed by atoms with Crippen LogP contribution >= 0.6 is 0 Å². The summed E-state index contributed by atoms with van der Waals surface area (Å²) in [6.07, 6.45) is 1.52. The fraction of sp³-hybridized carbons (Fsp3) is 0.294. The Balaban J connectivity index is 2.28. The van der Waals surface area contributed by atoms with E-state index in [4.69, 9.17) is 0 Å². The van der Waals surface area contributed by atoms with Crippen molar-refractivity contribution in [3.63, 3.8) is 0 Å². The summed E-state index contributed by atoms with van der Waals surface area (Å²) in [7, 11) is 1.86. The number of aromatic carboxylic acids is 1. The van der Waals surface area contributed by atoms with E-state index < -0.39 is 12.6 Å². The number of carboxylic acid groups (broad SMARTS) is 1. The van der Waals surface area contributed by atoms with E-state index in [1.807, 2.05) is 25.8 Å². The molecule has 7 nitrogen and oxygen atoms in total. The average Bonchev–Trinajstić information content (AvgIpc) is 3.07. The summed E-state index contributed by atoms with van der Waals surface area (Å²) in [4.78, 5) is 22.3. The van der Waals surface area contributed by atoms with Crippen molar-refractivity contribution in [2.45, 2.75) is 26.6 Å². The molecular weight excluding hydrogens is 325 g/mol. The van der Waals surface area contributed by atoms with Crippen LogP contribution in [0.25, 0.3) is 22.3 Å². The molecule has 0 amide bonds. The minimum atomic E-state index is -1.03. The SMILES string of the molecule is CC(C)N(C)c1nc2cc(C(=O)O)ccc2nc1-c1cn[nH]c1CF. The molecule has 8 heteroatoms. The second kappa shape index (κ2) is 6.46. The lowest BCUT2D eigenvalue weighted by Gasteiger charge is -2.25. The number of halogens is 1. The molecule has 0 unspecified atom stereocenters. The van der Waals surface area contributed by atoms with Crippen LogP contribution in [0.15, 0.2) is 24.4 Å². The highest BCUT2D eigenvalue weighted by Gasteiger charge is 2.20. The monoisotopic (exact) mass is 343 g/mol. The minimum absolute atomic E-state index is 0.119. The van der Waals surface area contributed by atoms with Crippen LogP contribution in [0, 0.1) is 0 Å². The van der Waals surface area contributed by atoms with Gasteiger partial charge in [0.1, 0.15) is 12.4 Å². The van der Waals surface area contributed by atoms with Gasteiger partial charge in [-0.15, -0.1) is 0 Å². The fourth-order valence-corrected chi connectivity index (χ4v) is 2.47. The van der Waals surface area contributed by atoms with Crippen molar-refractivity contribution in [3.8, 4) is 11.3 Å². The van der Waals surface area contributed by atoms with E-state index in [9.17, 15) is 14.3 Å². The van der Waals surface area contributed by atoms with E-state index in [1.54, 1.807) is 6.07 Å². The van der Waals surface area contributed by atoms with Crippen LogP contribution in [0.5, 0.6) is 0 Å². The molecule has 2 heterocycles. The zero-order valence-electron chi connectivity index (χ0n) is 14.1. The molecule has 1 aromatic carbocycles. The van der Waals surface area contributed by atoms with Gasteiger partial charge < -0.3 is 10.0 Å². The van der Waals surface area contributed by atoms with Crippen molar-refractivity contribution >= 4 is 22.8 Å². The van der Waals surface area contributed by atoms with Crippen LogP contribution in [-0.2, 0) is 6.67 Å². The van der Waals surface area contributed by atoms with E-state index in [0.717, 1.165) is 0 Å². The molecule has 3 aromatic rings. The Morgan fingerprint density at radius 1 is 1.32 bits per heavy atom. The number of anilines is 1. The van der Waals surface area contributed by atoms with Crippen molar-refractivity contribution in [1.29, 1.82) is 0 Å². The topological polar surface area (TPSA) is 95.0 Å². The average molecular weight is 343 g/mol. The standard InChI is InChI=1S/C17H18FN5O2/c1-9(2)23(3)16-15(11-8-19-22-14(11)7-18)20-12-5-4-10(17(24)25)6-13(12)21-16/h4-6,8-9H,7H2,1-3H3,(H,19,22)(H,24,25).